The second-order valence-electron chi connectivity index (χ2n) is 7.71. The third kappa shape index (κ3) is 7.93. The van der Waals surface area contributed by atoms with E-state index in [4.69, 9.17) is 21.9 Å². The maximum Gasteiger partial charge on any atom is 0.124 e. The van der Waals surface area contributed by atoms with Crippen LogP contribution in [0.3, 0.4) is 0 Å². The molecule has 8 heteroatoms. The molecule has 0 radical (unpaired) electrons. The van der Waals surface area contributed by atoms with Gasteiger partial charge in [0.1, 0.15) is 11.6 Å². The summed E-state index contributed by atoms with van der Waals surface area (Å²) >= 11 is 0. The second-order valence-corrected chi connectivity index (χ2v) is 7.71. The maximum atomic E-state index is 9.95. The van der Waals surface area contributed by atoms with Gasteiger partial charge in [0.2, 0.25) is 0 Å². The van der Waals surface area contributed by atoms with Crippen LogP contribution in [0.4, 0.5) is 0 Å². The van der Waals surface area contributed by atoms with E-state index in [-0.39, 0.29) is 11.6 Å². The van der Waals surface area contributed by atoms with Gasteiger partial charge in [-0.15, -0.1) is 0 Å². The number of hydrogen-bond acceptors (Lipinski definition) is 8. The van der Waals surface area contributed by atoms with Gasteiger partial charge < -0.3 is 37.3 Å². The number of likely N-dealkylation sites (N-methyl/N-ethyl adjacent to an activating group) is 2. The minimum absolute atomic E-state index is 0.148. The Kier molecular flexibility index (Phi) is 12.6. The minimum atomic E-state index is 0.148. The number of ether oxygens (including phenoxy) is 1. The average Bonchev–Trinajstić information content (AvgIpc) is 2.99. The maximum absolute atomic E-state index is 9.95. The van der Waals surface area contributed by atoms with E-state index in [1.54, 1.807) is 24.3 Å². The van der Waals surface area contributed by atoms with Gasteiger partial charge in [-0.1, -0.05) is 26.0 Å². The Morgan fingerprint density at radius 2 is 1.75 bits per heavy atom. The molecular formula is C24H44N6O2. The normalized spacial score (nSPS) is 20.0. The first-order valence-electron chi connectivity index (χ1n) is 11.6. The first-order chi connectivity index (χ1) is 15.4. The van der Waals surface area contributed by atoms with Crippen molar-refractivity contribution in [2.24, 2.45) is 17.2 Å². The summed E-state index contributed by atoms with van der Waals surface area (Å²) in [7, 11) is 4.10. The Balaban J connectivity index is 0.000000488. The predicted molar refractivity (Wildman–Crippen MR) is 134 cm³/mol. The van der Waals surface area contributed by atoms with E-state index in [2.05, 4.69) is 22.2 Å². The molecular weight excluding hydrogens is 404 g/mol. The van der Waals surface area contributed by atoms with Crippen LogP contribution in [0.15, 0.2) is 41.9 Å². The van der Waals surface area contributed by atoms with Gasteiger partial charge in [-0.05, 0) is 52.1 Å². The molecule has 3 rings (SSSR count). The van der Waals surface area contributed by atoms with Gasteiger partial charge in [0.25, 0.3) is 0 Å². The summed E-state index contributed by atoms with van der Waals surface area (Å²) in [6.45, 7) is 10.4. The Bertz CT molecular complexity index is 715. The van der Waals surface area contributed by atoms with Crippen LogP contribution < -0.4 is 22.5 Å². The molecule has 2 aliphatic rings. The number of para-hydroxylation sites is 1. The smallest absolute Gasteiger partial charge is 0.124 e. The van der Waals surface area contributed by atoms with Gasteiger partial charge in [0, 0.05) is 49.6 Å². The van der Waals surface area contributed by atoms with Crippen molar-refractivity contribution in [3.05, 3.63) is 47.4 Å². The number of phenolic OH excluding ortho intramolecular Hbond substituents is 1. The number of piperazine rings is 1. The number of nitrogens with two attached hydrogens (primary N) is 3. The summed E-state index contributed by atoms with van der Waals surface area (Å²) in [5.74, 6) is 0.405. The van der Waals surface area contributed by atoms with Crippen molar-refractivity contribution < 1.29 is 9.84 Å². The summed E-state index contributed by atoms with van der Waals surface area (Å²) in [4.78, 5) is 4.65. The van der Waals surface area contributed by atoms with E-state index in [0.717, 1.165) is 38.5 Å². The summed E-state index contributed by atoms with van der Waals surface area (Å²) in [6, 6.07) is 8.05. The van der Waals surface area contributed by atoms with Crippen LogP contribution in [0.2, 0.25) is 0 Å². The fourth-order valence-electron chi connectivity index (χ4n) is 3.93. The number of nitrogens with zero attached hydrogens (tertiary/aromatic N) is 2. The van der Waals surface area contributed by atoms with E-state index >= 15 is 0 Å². The zero-order valence-corrected chi connectivity index (χ0v) is 20.5. The lowest BCUT2D eigenvalue weighted by Crippen LogP contribution is -2.51. The molecule has 2 atom stereocenters. The van der Waals surface area contributed by atoms with Crippen molar-refractivity contribution in [3.8, 4) is 5.75 Å². The quantitative estimate of drug-likeness (QED) is 0.316. The first kappa shape index (κ1) is 27.6. The van der Waals surface area contributed by atoms with Crippen LogP contribution in [0, 0.1) is 0 Å². The van der Waals surface area contributed by atoms with Crippen molar-refractivity contribution in [3.63, 3.8) is 0 Å². The van der Waals surface area contributed by atoms with Crippen LogP contribution in [0.25, 0.3) is 5.70 Å². The van der Waals surface area contributed by atoms with Crippen LogP contribution in [0.5, 0.6) is 5.75 Å². The molecule has 0 aromatic heterocycles. The van der Waals surface area contributed by atoms with Crippen molar-refractivity contribution in [1.82, 2.24) is 15.1 Å². The molecule has 2 fully saturated rings. The van der Waals surface area contributed by atoms with Crippen LogP contribution in [0.1, 0.15) is 39.2 Å². The van der Waals surface area contributed by atoms with Gasteiger partial charge in [0.15, 0.2) is 0 Å². The highest BCUT2D eigenvalue weighted by Crippen LogP contribution is 2.31. The fraction of sp³-hybridized carbons (Fsp3) is 0.583. The Hall–Kier alpha value is -2.42. The zero-order chi connectivity index (χ0) is 24.1. The molecule has 32 heavy (non-hydrogen) atoms. The molecule has 8 nitrogen and oxygen atoms in total. The number of aromatic hydroxyl groups is 1. The number of allylic oxidation sites excluding steroid dienone is 1. The van der Waals surface area contributed by atoms with Crippen LogP contribution in [-0.4, -0.2) is 73.9 Å². The lowest BCUT2D eigenvalue weighted by molar-refractivity contribution is 0.114. The molecule has 0 amide bonds. The SMILES string of the molecule is CC.CCOCCNC.CN1C2CCC1CN(C(/C=C(\N)c1ccccc1O)=C(N)N)C2. The minimum Gasteiger partial charge on any atom is -0.507 e. The molecule has 1 aromatic rings. The van der Waals surface area contributed by atoms with Crippen LogP contribution in [-0.2, 0) is 4.74 Å². The number of benzene rings is 1. The van der Waals surface area contributed by atoms with Crippen molar-refractivity contribution in [1.29, 1.82) is 0 Å². The first-order valence-corrected chi connectivity index (χ1v) is 11.6. The largest absolute Gasteiger partial charge is 0.507 e. The van der Waals surface area contributed by atoms with Gasteiger partial charge in [-0.2, -0.15) is 0 Å². The van der Waals surface area contributed by atoms with Crippen molar-refractivity contribution in [2.45, 2.75) is 45.7 Å². The number of phenols is 1. The zero-order valence-electron chi connectivity index (χ0n) is 20.5. The summed E-state index contributed by atoms with van der Waals surface area (Å²) in [5.41, 5.74) is 19.8. The lowest BCUT2D eigenvalue weighted by Gasteiger charge is -2.40. The summed E-state index contributed by atoms with van der Waals surface area (Å²) in [5, 5.41) is 12.9. The van der Waals surface area contributed by atoms with E-state index in [0.29, 0.717) is 23.3 Å². The molecule has 0 saturated carbocycles. The fourth-order valence-corrected chi connectivity index (χ4v) is 3.93. The molecule has 2 bridgehead atoms. The topological polar surface area (TPSA) is 126 Å². The lowest BCUT2D eigenvalue weighted by atomic mass is 10.1. The standard InChI is InChI=1S/C17H25N5O.C5H13NO.C2H6/c1-21-11-6-7-12(21)10-22(9-11)15(17(19)20)8-14(18)13-4-2-3-5-16(13)23;1-3-7-5-4-6-2;1-2/h2-5,8,11-12,23H,6-7,9-10,18-20H2,1H3;6H,3-5H2,1-2H3;1-2H3/b14-8-;;. The van der Waals surface area contributed by atoms with Gasteiger partial charge in [0.05, 0.1) is 12.3 Å². The molecule has 2 heterocycles. The van der Waals surface area contributed by atoms with Crippen molar-refractivity contribution in [2.75, 3.05) is 46.9 Å². The molecule has 8 N–H and O–H groups in total. The monoisotopic (exact) mass is 448 g/mol. The van der Waals surface area contributed by atoms with E-state index in [9.17, 15) is 5.11 Å². The van der Waals surface area contributed by atoms with E-state index < -0.39 is 0 Å². The highest BCUT2D eigenvalue weighted by molar-refractivity contribution is 5.69. The molecule has 0 aliphatic carbocycles. The third-order valence-corrected chi connectivity index (χ3v) is 5.69. The molecule has 0 spiro atoms. The molecule has 2 unspecified atom stereocenters. The van der Waals surface area contributed by atoms with Gasteiger partial charge in [-0.25, -0.2) is 0 Å². The number of likely N-dealkylation sites (tertiary alicyclic amines) is 1. The molecule has 182 valence electrons. The van der Waals surface area contributed by atoms with Crippen molar-refractivity contribution >= 4 is 5.70 Å². The highest BCUT2D eigenvalue weighted by atomic mass is 16.5. The number of nitrogens with one attached hydrogen (secondary N) is 1. The summed E-state index contributed by atoms with van der Waals surface area (Å²) < 4.78 is 5.01. The highest BCUT2D eigenvalue weighted by Gasteiger charge is 2.38. The molecule has 1 aromatic carbocycles. The van der Waals surface area contributed by atoms with Crippen LogP contribution >= 0.6 is 0 Å². The van der Waals surface area contributed by atoms with Gasteiger partial charge in [-0.3, -0.25) is 4.90 Å². The van der Waals surface area contributed by atoms with E-state index in [1.807, 2.05) is 33.9 Å². The van der Waals surface area contributed by atoms with E-state index in [1.165, 1.54) is 12.8 Å². The summed E-state index contributed by atoms with van der Waals surface area (Å²) in [6.07, 6.45) is 4.18. The Morgan fingerprint density at radius 3 is 2.25 bits per heavy atom. The molecule has 2 saturated heterocycles. The average molecular weight is 449 g/mol. The number of fused-ring (bicyclic) bond motifs is 2. The Morgan fingerprint density at radius 1 is 1.16 bits per heavy atom. The predicted octanol–water partition coefficient (Wildman–Crippen LogP) is 1.83. The second kappa shape index (κ2) is 14.6. The van der Waals surface area contributed by atoms with Gasteiger partial charge >= 0.3 is 0 Å². The Labute approximate surface area is 194 Å². The molecule has 2 aliphatic heterocycles. The third-order valence-electron chi connectivity index (χ3n) is 5.69. The number of rotatable bonds is 7. The number of hydrogen-bond donors (Lipinski definition) is 5.